The molecule has 0 amide bonds. The number of hydrogen-bond donors (Lipinski definition) is 1. The summed E-state index contributed by atoms with van der Waals surface area (Å²) in [5.41, 5.74) is 5.52. The van der Waals surface area contributed by atoms with Gasteiger partial charge in [0.05, 0.1) is 24.2 Å². The molecule has 0 saturated carbocycles. The van der Waals surface area contributed by atoms with Gasteiger partial charge in [0.1, 0.15) is 23.5 Å². The maximum absolute atomic E-state index is 5.38. The van der Waals surface area contributed by atoms with E-state index in [1.165, 1.54) is 11.1 Å². The monoisotopic (exact) mass is 448 g/mol. The van der Waals surface area contributed by atoms with Crippen LogP contribution in [-0.4, -0.2) is 21.6 Å². The number of nitrogens with zero attached hydrogens (tertiary/aromatic N) is 3. The first kappa shape index (κ1) is 21.7. The lowest BCUT2D eigenvalue weighted by atomic mass is 10.1. The molecule has 2 atom stereocenters. The summed E-state index contributed by atoms with van der Waals surface area (Å²) in [6.07, 6.45) is 1.65. The summed E-state index contributed by atoms with van der Waals surface area (Å²) < 4.78 is 7.67. The van der Waals surface area contributed by atoms with Crippen molar-refractivity contribution in [3.8, 4) is 17.0 Å². The molecule has 0 bridgehead atoms. The van der Waals surface area contributed by atoms with Crippen LogP contribution >= 0.6 is 0 Å². The predicted molar refractivity (Wildman–Crippen MR) is 138 cm³/mol. The van der Waals surface area contributed by atoms with Gasteiger partial charge in [-0.05, 0) is 60.9 Å². The maximum Gasteiger partial charge on any atom is 0.146 e. The van der Waals surface area contributed by atoms with E-state index >= 15 is 0 Å². The van der Waals surface area contributed by atoms with Crippen LogP contribution in [0.2, 0.25) is 0 Å². The van der Waals surface area contributed by atoms with Crippen LogP contribution in [0.5, 0.6) is 5.75 Å². The van der Waals surface area contributed by atoms with Crippen LogP contribution < -0.4 is 10.1 Å². The van der Waals surface area contributed by atoms with E-state index in [2.05, 4.69) is 95.4 Å². The van der Waals surface area contributed by atoms with Crippen LogP contribution in [0.25, 0.3) is 22.3 Å². The molecule has 1 N–H and O–H groups in total. The first-order valence-electron chi connectivity index (χ1n) is 11.5. The summed E-state index contributed by atoms with van der Waals surface area (Å²) in [5.74, 6) is 1.66. The standard InChI is InChI=1S/C29H28N4O/c1-20(22-10-6-4-7-11-22)32-28-26-18-27(24-14-16-25(34-3)17-15-24)33(29(26)31-19-30-28)21(2)23-12-8-5-9-13-23/h4-21H,1-3H3,(H,30,31,32)/t20-,21?/m0/s1. The highest BCUT2D eigenvalue weighted by molar-refractivity contribution is 5.92. The molecule has 0 fully saturated rings. The molecular formula is C29H28N4O. The SMILES string of the molecule is COc1ccc(-c2cc3c(N[C@@H](C)c4ccccc4)ncnc3n2C(C)c2ccccc2)cc1. The molecular weight excluding hydrogens is 420 g/mol. The van der Waals surface area contributed by atoms with E-state index in [0.717, 1.165) is 33.9 Å². The molecule has 0 aliphatic heterocycles. The maximum atomic E-state index is 5.38. The number of benzene rings is 3. The molecule has 5 aromatic rings. The second-order valence-electron chi connectivity index (χ2n) is 8.45. The zero-order chi connectivity index (χ0) is 23.5. The minimum Gasteiger partial charge on any atom is -0.497 e. The van der Waals surface area contributed by atoms with Crippen molar-refractivity contribution >= 4 is 16.9 Å². The van der Waals surface area contributed by atoms with Crippen LogP contribution in [-0.2, 0) is 0 Å². The molecule has 0 radical (unpaired) electrons. The van der Waals surface area contributed by atoms with Gasteiger partial charge in [0.15, 0.2) is 0 Å². The summed E-state index contributed by atoms with van der Waals surface area (Å²) in [5, 5.41) is 4.60. The lowest BCUT2D eigenvalue weighted by molar-refractivity contribution is 0.415. The average molecular weight is 449 g/mol. The van der Waals surface area contributed by atoms with Crippen molar-refractivity contribution in [3.63, 3.8) is 0 Å². The van der Waals surface area contributed by atoms with E-state index in [9.17, 15) is 0 Å². The van der Waals surface area contributed by atoms with E-state index < -0.39 is 0 Å². The molecule has 1 unspecified atom stereocenters. The van der Waals surface area contributed by atoms with Crippen LogP contribution in [0.15, 0.2) is 97.3 Å². The lowest BCUT2D eigenvalue weighted by Crippen LogP contribution is -2.10. The van der Waals surface area contributed by atoms with Crippen LogP contribution in [0, 0.1) is 0 Å². The van der Waals surface area contributed by atoms with Gasteiger partial charge in [-0.3, -0.25) is 0 Å². The molecule has 0 aliphatic rings. The molecule has 5 heteroatoms. The van der Waals surface area contributed by atoms with Gasteiger partial charge in [0, 0.05) is 6.04 Å². The Balaban J connectivity index is 1.65. The van der Waals surface area contributed by atoms with Crippen LogP contribution in [0.1, 0.15) is 37.1 Å². The Morgan fingerprint density at radius 2 is 1.44 bits per heavy atom. The van der Waals surface area contributed by atoms with E-state index in [1.54, 1.807) is 13.4 Å². The Morgan fingerprint density at radius 3 is 2.09 bits per heavy atom. The quantitative estimate of drug-likeness (QED) is 0.295. The number of hydrogen-bond acceptors (Lipinski definition) is 4. The van der Waals surface area contributed by atoms with Crippen molar-refractivity contribution in [2.45, 2.75) is 25.9 Å². The number of aromatic nitrogens is 3. The molecule has 2 aromatic heterocycles. The molecule has 0 aliphatic carbocycles. The fourth-order valence-electron chi connectivity index (χ4n) is 4.43. The zero-order valence-electron chi connectivity index (χ0n) is 19.6. The molecule has 170 valence electrons. The lowest BCUT2D eigenvalue weighted by Gasteiger charge is -2.19. The molecule has 5 nitrogen and oxygen atoms in total. The van der Waals surface area contributed by atoms with Gasteiger partial charge < -0.3 is 14.6 Å². The number of ether oxygens (including phenoxy) is 1. The predicted octanol–water partition coefficient (Wildman–Crippen LogP) is 6.89. The fourth-order valence-corrected chi connectivity index (χ4v) is 4.43. The summed E-state index contributed by atoms with van der Waals surface area (Å²) in [4.78, 5) is 9.36. The largest absolute Gasteiger partial charge is 0.497 e. The molecule has 34 heavy (non-hydrogen) atoms. The van der Waals surface area contributed by atoms with Gasteiger partial charge in [0.2, 0.25) is 0 Å². The van der Waals surface area contributed by atoms with E-state index in [0.29, 0.717) is 0 Å². The van der Waals surface area contributed by atoms with Crippen molar-refractivity contribution < 1.29 is 4.74 Å². The number of rotatable bonds is 7. The third kappa shape index (κ3) is 4.13. The summed E-state index contributed by atoms with van der Waals surface area (Å²) >= 11 is 0. The summed E-state index contributed by atoms with van der Waals surface area (Å²) in [6.45, 7) is 4.36. The number of anilines is 1. The Kier molecular flexibility index (Phi) is 6.00. The van der Waals surface area contributed by atoms with Crippen LogP contribution in [0.4, 0.5) is 5.82 Å². The zero-order valence-corrected chi connectivity index (χ0v) is 19.6. The highest BCUT2D eigenvalue weighted by Crippen LogP contribution is 2.36. The summed E-state index contributed by atoms with van der Waals surface area (Å²) in [7, 11) is 1.69. The fraction of sp³-hybridized carbons (Fsp3) is 0.172. The Hall–Kier alpha value is -4.12. The molecule has 2 heterocycles. The minimum atomic E-state index is 0.0881. The van der Waals surface area contributed by atoms with Crippen molar-refractivity contribution in [2.24, 2.45) is 0 Å². The molecule has 5 rings (SSSR count). The minimum absolute atomic E-state index is 0.0881. The first-order valence-corrected chi connectivity index (χ1v) is 11.5. The van der Waals surface area contributed by atoms with Gasteiger partial charge in [-0.2, -0.15) is 0 Å². The highest BCUT2D eigenvalue weighted by Gasteiger charge is 2.21. The first-order chi connectivity index (χ1) is 16.7. The van der Waals surface area contributed by atoms with Crippen molar-refractivity contribution in [3.05, 3.63) is 108 Å². The van der Waals surface area contributed by atoms with Gasteiger partial charge in [-0.15, -0.1) is 0 Å². The Labute approximate surface area is 200 Å². The number of fused-ring (bicyclic) bond motifs is 1. The molecule has 0 saturated heterocycles. The number of nitrogens with one attached hydrogen (secondary N) is 1. The molecule has 0 spiro atoms. The third-order valence-corrected chi connectivity index (χ3v) is 6.34. The van der Waals surface area contributed by atoms with Gasteiger partial charge in [0.25, 0.3) is 0 Å². The number of methoxy groups -OCH3 is 1. The highest BCUT2D eigenvalue weighted by atomic mass is 16.5. The average Bonchev–Trinajstić information content (AvgIpc) is 3.30. The van der Waals surface area contributed by atoms with Gasteiger partial charge >= 0.3 is 0 Å². The topological polar surface area (TPSA) is 52.0 Å². The normalized spacial score (nSPS) is 12.9. The van der Waals surface area contributed by atoms with Crippen molar-refractivity contribution in [1.82, 2.24) is 14.5 Å². The van der Waals surface area contributed by atoms with Crippen molar-refractivity contribution in [2.75, 3.05) is 12.4 Å². The smallest absolute Gasteiger partial charge is 0.146 e. The van der Waals surface area contributed by atoms with Gasteiger partial charge in [-0.1, -0.05) is 60.7 Å². The van der Waals surface area contributed by atoms with E-state index in [1.807, 2.05) is 24.3 Å². The second kappa shape index (κ2) is 9.40. The second-order valence-corrected chi connectivity index (χ2v) is 8.45. The Bertz CT molecular complexity index is 1380. The van der Waals surface area contributed by atoms with E-state index in [4.69, 9.17) is 9.72 Å². The summed E-state index contributed by atoms with van der Waals surface area (Å²) in [6, 6.07) is 31.5. The molecule has 3 aromatic carbocycles. The Morgan fingerprint density at radius 1 is 0.794 bits per heavy atom. The van der Waals surface area contributed by atoms with Gasteiger partial charge in [-0.25, -0.2) is 9.97 Å². The van der Waals surface area contributed by atoms with E-state index in [-0.39, 0.29) is 12.1 Å². The van der Waals surface area contributed by atoms with Crippen LogP contribution in [0.3, 0.4) is 0 Å². The van der Waals surface area contributed by atoms with Crippen molar-refractivity contribution in [1.29, 1.82) is 0 Å². The third-order valence-electron chi connectivity index (χ3n) is 6.34.